The highest BCUT2D eigenvalue weighted by Gasteiger charge is 2.34. The third-order valence-electron chi connectivity index (χ3n) is 3.48. The summed E-state index contributed by atoms with van der Waals surface area (Å²) in [5.41, 5.74) is -0.818. The Kier molecular flexibility index (Phi) is 4.72. The fraction of sp³-hybridized carbons (Fsp3) is 0.500. The molecule has 1 aliphatic rings. The number of rotatable bonds is 5. The van der Waals surface area contributed by atoms with E-state index in [-0.39, 0.29) is 12.4 Å². The molecule has 1 atom stereocenters. The fourth-order valence-electron chi connectivity index (χ4n) is 2.47. The molecule has 1 aromatic carbocycles. The number of nitrogens with zero attached hydrogens (tertiary/aromatic N) is 1. The van der Waals surface area contributed by atoms with Crippen LogP contribution in [0.15, 0.2) is 24.3 Å². The van der Waals surface area contributed by atoms with Crippen LogP contribution in [0.25, 0.3) is 0 Å². The second kappa shape index (κ2) is 6.34. The first-order chi connectivity index (χ1) is 9.89. The van der Waals surface area contributed by atoms with Gasteiger partial charge in [0.25, 0.3) is 0 Å². The van der Waals surface area contributed by atoms with Crippen LogP contribution >= 0.6 is 0 Å². The molecule has 1 N–H and O–H groups in total. The van der Waals surface area contributed by atoms with Crippen molar-refractivity contribution in [2.24, 2.45) is 0 Å². The Morgan fingerprint density at radius 2 is 2.10 bits per heavy atom. The molecule has 7 heteroatoms. The van der Waals surface area contributed by atoms with Crippen LogP contribution in [0.1, 0.15) is 18.4 Å². The summed E-state index contributed by atoms with van der Waals surface area (Å²) in [6, 6.07) is 4.44. The summed E-state index contributed by atoms with van der Waals surface area (Å²) in [6.45, 7) is 0.946. The number of carboxylic acid groups (broad SMARTS) is 1. The van der Waals surface area contributed by atoms with Gasteiger partial charge < -0.3 is 9.84 Å². The van der Waals surface area contributed by atoms with E-state index < -0.39 is 23.8 Å². The average Bonchev–Trinajstić information content (AvgIpc) is 2.87. The summed E-state index contributed by atoms with van der Waals surface area (Å²) in [7, 11) is 0. The molecule has 0 radical (unpaired) electrons. The van der Waals surface area contributed by atoms with E-state index in [9.17, 15) is 18.0 Å². The number of carbonyl (C=O) groups is 1. The molecule has 1 heterocycles. The summed E-state index contributed by atoms with van der Waals surface area (Å²) >= 11 is 0. The van der Waals surface area contributed by atoms with E-state index in [0.717, 1.165) is 12.5 Å². The van der Waals surface area contributed by atoms with Gasteiger partial charge in [0.2, 0.25) is 0 Å². The monoisotopic (exact) mass is 303 g/mol. The Hall–Kier alpha value is -1.76. The van der Waals surface area contributed by atoms with Gasteiger partial charge in [0.1, 0.15) is 18.4 Å². The zero-order valence-corrected chi connectivity index (χ0v) is 11.3. The number of hydrogen-bond acceptors (Lipinski definition) is 3. The van der Waals surface area contributed by atoms with Crippen LogP contribution in [0.4, 0.5) is 13.2 Å². The lowest BCUT2D eigenvalue weighted by Gasteiger charge is -2.21. The molecule has 0 unspecified atom stereocenters. The minimum Gasteiger partial charge on any atom is -0.492 e. The first-order valence-electron chi connectivity index (χ1n) is 6.65. The molecule has 1 saturated heterocycles. The van der Waals surface area contributed by atoms with E-state index in [4.69, 9.17) is 9.84 Å². The summed E-state index contributed by atoms with van der Waals surface area (Å²) in [4.78, 5) is 12.7. The van der Waals surface area contributed by atoms with Gasteiger partial charge in [0.15, 0.2) is 0 Å². The Morgan fingerprint density at radius 1 is 1.38 bits per heavy atom. The van der Waals surface area contributed by atoms with E-state index in [1.807, 2.05) is 0 Å². The standard InChI is InChI=1S/C14H16F3NO3/c15-14(16,17)10-4-1-2-6-12(10)21-9-8-18-7-3-5-11(18)13(19)20/h1-2,4,6,11H,3,5,7-9H2,(H,19,20)/t11-/m1/s1. The average molecular weight is 303 g/mol. The first kappa shape index (κ1) is 15.6. The van der Waals surface area contributed by atoms with Crippen molar-refractivity contribution in [1.29, 1.82) is 0 Å². The number of aliphatic carboxylic acids is 1. The number of para-hydroxylation sites is 1. The van der Waals surface area contributed by atoms with Crippen molar-refractivity contribution in [3.8, 4) is 5.75 Å². The number of alkyl halides is 3. The molecular weight excluding hydrogens is 287 g/mol. The Labute approximate surface area is 120 Å². The van der Waals surface area contributed by atoms with Gasteiger partial charge in [0.05, 0.1) is 5.56 Å². The van der Waals surface area contributed by atoms with Crippen LogP contribution in [0.2, 0.25) is 0 Å². The van der Waals surface area contributed by atoms with Gasteiger partial charge in [-0.15, -0.1) is 0 Å². The maximum Gasteiger partial charge on any atom is 0.419 e. The van der Waals surface area contributed by atoms with Crippen LogP contribution in [0, 0.1) is 0 Å². The molecule has 4 nitrogen and oxygen atoms in total. The highest BCUT2D eigenvalue weighted by atomic mass is 19.4. The molecule has 0 bridgehead atoms. The predicted molar refractivity (Wildman–Crippen MR) is 69.2 cm³/mol. The lowest BCUT2D eigenvalue weighted by atomic mass is 10.2. The molecular formula is C14H16F3NO3. The van der Waals surface area contributed by atoms with Crippen LogP contribution in [0.5, 0.6) is 5.75 Å². The second-order valence-electron chi connectivity index (χ2n) is 4.87. The van der Waals surface area contributed by atoms with Crippen LogP contribution in [-0.4, -0.2) is 41.7 Å². The zero-order valence-electron chi connectivity index (χ0n) is 11.3. The quantitative estimate of drug-likeness (QED) is 0.908. The molecule has 1 aromatic rings. The van der Waals surface area contributed by atoms with Crippen molar-refractivity contribution in [1.82, 2.24) is 4.90 Å². The van der Waals surface area contributed by atoms with Crippen LogP contribution < -0.4 is 4.74 Å². The smallest absolute Gasteiger partial charge is 0.419 e. The number of carboxylic acids is 1. The second-order valence-corrected chi connectivity index (χ2v) is 4.87. The number of benzene rings is 1. The normalized spacial score (nSPS) is 19.7. The van der Waals surface area contributed by atoms with E-state index in [2.05, 4.69) is 0 Å². The van der Waals surface area contributed by atoms with Crippen LogP contribution in [0.3, 0.4) is 0 Å². The number of likely N-dealkylation sites (tertiary alicyclic amines) is 1. The van der Waals surface area contributed by atoms with Gasteiger partial charge in [-0.1, -0.05) is 12.1 Å². The summed E-state index contributed by atoms with van der Waals surface area (Å²) in [6.07, 6.45) is -3.13. The van der Waals surface area contributed by atoms with Gasteiger partial charge in [-0.2, -0.15) is 13.2 Å². The Balaban J connectivity index is 1.94. The van der Waals surface area contributed by atoms with E-state index in [1.165, 1.54) is 18.2 Å². The summed E-state index contributed by atoms with van der Waals surface area (Å²) in [5.74, 6) is -1.13. The molecule has 0 aromatic heterocycles. The minimum atomic E-state index is -4.46. The van der Waals surface area contributed by atoms with Crippen molar-refractivity contribution in [3.05, 3.63) is 29.8 Å². The zero-order chi connectivity index (χ0) is 15.5. The van der Waals surface area contributed by atoms with Gasteiger partial charge >= 0.3 is 12.1 Å². The molecule has 21 heavy (non-hydrogen) atoms. The van der Waals surface area contributed by atoms with E-state index >= 15 is 0 Å². The topological polar surface area (TPSA) is 49.8 Å². The minimum absolute atomic E-state index is 0.0247. The highest BCUT2D eigenvalue weighted by Crippen LogP contribution is 2.35. The maximum absolute atomic E-state index is 12.8. The first-order valence-corrected chi connectivity index (χ1v) is 6.65. The molecule has 0 aliphatic carbocycles. The summed E-state index contributed by atoms with van der Waals surface area (Å²) in [5, 5.41) is 9.02. The van der Waals surface area contributed by atoms with Crippen molar-refractivity contribution < 1.29 is 27.8 Å². The predicted octanol–water partition coefficient (Wildman–Crippen LogP) is 2.63. The molecule has 0 saturated carbocycles. The molecule has 116 valence electrons. The van der Waals surface area contributed by atoms with Crippen molar-refractivity contribution >= 4 is 5.97 Å². The van der Waals surface area contributed by atoms with Gasteiger partial charge in [-0.25, -0.2) is 0 Å². The van der Waals surface area contributed by atoms with Gasteiger partial charge in [-0.3, -0.25) is 9.69 Å². The summed E-state index contributed by atoms with van der Waals surface area (Å²) < 4.78 is 43.5. The van der Waals surface area contributed by atoms with Gasteiger partial charge in [-0.05, 0) is 31.5 Å². The van der Waals surface area contributed by atoms with Crippen LogP contribution in [-0.2, 0) is 11.0 Å². The molecule has 0 amide bonds. The van der Waals surface area contributed by atoms with Crippen molar-refractivity contribution in [2.45, 2.75) is 25.1 Å². The number of hydrogen-bond donors (Lipinski definition) is 1. The molecule has 2 rings (SSSR count). The van der Waals surface area contributed by atoms with Crippen molar-refractivity contribution in [2.75, 3.05) is 19.7 Å². The SMILES string of the molecule is O=C(O)[C@H]1CCCN1CCOc1ccccc1C(F)(F)F. The van der Waals surface area contributed by atoms with E-state index in [0.29, 0.717) is 19.5 Å². The molecule has 1 aliphatic heterocycles. The lowest BCUT2D eigenvalue weighted by Crippen LogP contribution is -2.38. The molecule has 0 spiro atoms. The van der Waals surface area contributed by atoms with E-state index in [1.54, 1.807) is 4.90 Å². The van der Waals surface area contributed by atoms with Gasteiger partial charge in [0, 0.05) is 6.54 Å². The largest absolute Gasteiger partial charge is 0.492 e. The number of ether oxygens (including phenoxy) is 1. The number of halogens is 3. The third-order valence-corrected chi connectivity index (χ3v) is 3.48. The molecule has 1 fully saturated rings. The fourth-order valence-corrected chi connectivity index (χ4v) is 2.47. The Morgan fingerprint density at radius 3 is 2.76 bits per heavy atom. The highest BCUT2D eigenvalue weighted by molar-refractivity contribution is 5.73. The maximum atomic E-state index is 12.8. The lowest BCUT2D eigenvalue weighted by molar-refractivity contribution is -0.142. The van der Waals surface area contributed by atoms with Crippen molar-refractivity contribution in [3.63, 3.8) is 0 Å². The third kappa shape index (κ3) is 3.87. The Bertz CT molecular complexity index is 504.